The van der Waals surface area contributed by atoms with Crippen molar-refractivity contribution >= 4 is 11.6 Å². The third kappa shape index (κ3) is 6.93. The fourth-order valence-electron chi connectivity index (χ4n) is 7.16. The van der Waals surface area contributed by atoms with Crippen molar-refractivity contribution in [2.75, 3.05) is 25.1 Å². The maximum Gasteiger partial charge on any atom is 0.256 e. The van der Waals surface area contributed by atoms with Gasteiger partial charge in [-0.05, 0) is 73.6 Å². The second-order valence-corrected chi connectivity index (χ2v) is 12.6. The van der Waals surface area contributed by atoms with Gasteiger partial charge in [0.2, 0.25) is 5.95 Å². The van der Waals surface area contributed by atoms with Gasteiger partial charge in [0.15, 0.2) is 0 Å². The van der Waals surface area contributed by atoms with Crippen molar-refractivity contribution in [3.63, 3.8) is 0 Å². The Hall–Kier alpha value is -5.12. The predicted molar refractivity (Wildman–Crippen MR) is 172 cm³/mol. The van der Waals surface area contributed by atoms with Gasteiger partial charge in [-0.25, -0.2) is 14.6 Å². The third-order valence-corrected chi connectivity index (χ3v) is 9.41. The van der Waals surface area contributed by atoms with Gasteiger partial charge < -0.3 is 19.5 Å². The maximum absolute atomic E-state index is 9.65. The zero-order chi connectivity index (χ0) is 32.9. The number of tetrazole rings is 1. The summed E-state index contributed by atoms with van der Waals surface area (Å²) >= 11 is 0. The summed E-state index contributed by atoms with van der Waals surface area (Å²) < 4.78 is 21.4. The molecule has 48 heavy (non-hydrogen) atoms. The summed E-state index contributed by atoms with van der Waals surface area (Å²) in [6.45, 7) is 4.29. The lowest BCUT2D eigenvalue weighted by Crippen LogP contribution is -2.52. The third-order valence-electron chi connectivity index (χ3n) is 9.41. The van der Waals surface area contributed by atoms with E-state index in [0.717, 1.165) is 50.0 Å². The molecule has 0 amide bonds. The molecule has 1 saturated carbocycles. The largest absolute Gasteiger partial charge is 0.487 e. The van der Waals surface area contributed by atoms with Crippen LogP contribution in [0.5, 0.6) is 11.6 Å². The van der Waals surface area contributed by atoms with Crippen LogP contribution in [-0.2, 0) is 11.3 Å². The normalized spacial score (nSPS) is 22.8. The van der Waals surface area contributed by atoms with E-state index in [1.54, 1.807) is 23.1 Å². The van der Waals surface area contributed by atoms with Crippen molar-refractivity contribution in [2.24, 2.45) is 0 Å². The molecule has 3 aliphatic rings. The fourth-order valence-corrected chi connectivity index (χ4v) is 7.16. The molecule has 1 aromatic carbocycles. The van der Waals surface area contributed by atoms with E-state index in [1.165, 1.54) is 19.2 Å². The number of benzene rings is 1. The van der Waals surface area contributed by atoms with E-state index in [1.807, 2.05) is 29.9 Å². The average molecular weight is 651 g/mol. The Bertz CT molecular complexity index is 1740. The highest BCUT2D eigenvalue weighted by atomic mass is 16.5. The molecule has 3 aromatic heterocycles. The first-order valence-electron chi connectivity index (χ1n) is 16.5. The quantitative estimate of drug-likeness (QED) is 0.217. The second kappa shape index (κ2) is 14.3. The number of rotatable bonds is 12. The number of nitriles is 2. The van der Waals surface area contributed by atoms with E-state index in [-0.39, 0.29) is 25.2 Å². The highest BCUT2D eigenvalue weighted by molar-refractivity contribution is 5.67. The molecular formula is C33H38N12O3. The molecule has 2 bridgehead atoms. The first kappa shape index (κ1) is 31.5. The monoisotopic (exact) mass is 650 g/mol. The van der Waals surface area contributed by atoms with Crippen molar-refractivity contribution in [3.8, 4) is 34.9 Å². The SMILES string of the molecule is C[C@@H](Cn1cnnn1)Oc1cc(-c2cnc(Nc3cn([C@H]4CC[C@H](N5[C@@H]6CC[C@H]5COC6)CC4)nc3OCCC#N)nc2)ccc1C#N. The Morgan fingerprint density at radius 1 is 1.00 bits per heavy atom. The van der Waals surface area contributed by atoms with Crippen LogP contribution in [0.15, 0.2) is 43.1 Å². The predicted octanol–water partition coefficient (Wildman–Crippen LogP) is 4.05. The van der Waals surface area contributed by atoms with Gasteiger partial charge in [-0.2, -0.15) is 10.5 Å². The molecule has 0 spiro atoms. The van der Waals surface area contributed by atoms with E-state index >= 15 is 0 Å². The zero-order valence-corrected chi connectivity index (χ0v) is 26.9. The molecular weight excluding hydrogens is 612 g/mol. The maximum atomic E-state index is 9.65. The molecule has 0 radical (unpaired) electrons. The highest BCUT2D eigenvalue weighted by Gasteiger charge is 2.42. The van der Waals surface area contributed by atoms with Crippen molar-refractivity contribution in [3.05, 3.63) is 48.7 Å². The minimum absolute atomic E-state index is 0.242. The number of nitrogens with one attached hydrogen (secondary N) is 1. The number of morpholine rings is 1. The minimum atomic E-state index is -0.279. The number of hydrogen-bond donors (Lipinski definition) is 1. The van der Waals surface area contributed by atoms with Crippen molar-refractivity contribution in [2.45, 2.75) is 88.7 Å². The van der Waals surface area contributed by atoms with Crippen LogP contribution in [0.2, 0.25) is 0 Å². The van der Waals surface area contributed by atoms with Crippen LogP contribution in [0.3, 0.4) is 0 Å². The molecule has 4 aromatic rings. The molecule has 248 valence electrons. The number of ether oxygens (including phenoxy) is 3. The van der Waals surface area contributed by atoms with Crippen LogP contribution >= 0.6 is 0 Å². The first-order valence-corrected chi connectivity index (χ1v) is 16.5. The van der Waals surface area contributed by atoms with Crippen molar-refractivity contribution in [1.29, 1.82) is 10.5 Å². The van der Waals surface area contributed by atoms with E-state index in [2.05, 4.69) is 47.8 Å². The van der Waals surface area contributed by atoms with E-state index in [0.29, 0.717) is 53.5 Å². The smallest absolute Gasteiger partial charge is 0.256 e. The van der Waals surface area contributed by atoms with Crippen LogP contribution in [-0.4, -0.2) is 88.9 Å². The van der Waals surface area contributed by atoms with Gasteiger partial charge in [-0.15, -0.1) is 10.2 Å². The molecule has 2 saturated heterocycles. The molecule has 2 aliphatic heterocycles. The number of aromatic nitrogens is 8. The summed E-state index contributed by atoms with van der Waals surface area (Å²) in [5.74, 6) is 1.27. The molecule has 3 atom stereocenters. The van der Waals surface area contributed by atoms with E-state index in [9.17, 15) is 5.26 Å². The Morgan fingerprint density at radius 3 is 2.46 bits per heavy atom. The van der Waals surface area contributed by atoms with E-state index < -0.39 is 0 Å². The Labute approximate surface area is 278 Å². The topological polar surface area (TPSA) is 178 Å². The van der Waals surface area contributed by atoms with Crippen LogP contribution in [0.25, 0.3) is 11.1 Å². The molecule has 1 aliphatic carbocycles. The van der Waals surface area contributed by atoms with Gasteiger partial charge >= 0.3 is 0 Å². The molecule has 3 fully saturated rings. The highest BCUT2D eigenvalue weighted by Crippen LogP contribution is 2.39. The summed E-state index contributed by atoms with van der Waals surface area (Å²) in [6, 6.07) is 11.7. The summed E-state index contributed by atoms with van der Waals surface area (Å²) in [4.78, 5) is 11.9. The number of fused-ring (bicyclic) bond motifs is 2. The number of anilines is 2. The average Bonchev–Trinajstić information content (AvgIpc) is 3.83. The van der Waals surface area contributed by atoms with Crippen LogP contribution < -0.4 is 14.8 Å². The van der Waals surface area contributed by atoms with Gasteiger partial charge in [0.1, 0.15) is 36.5 Å². The molecule has 1 N–H and O–H groups in total. The summed E-state index contributed by atoms with van der Waals surface area (Å²) in [7, 11) is 0. The van der Waals surface area contributed by atoms with Crippen LogP contribution in [0.4, 0.5) is 11.6 Å². The lowest BCUT2D eigenvalue weighted by Gasteiger charge is -2.43. The lowest BCUT2D eigenvalue weighted by atomic mass is 9.89. The second-order valence-electron chi connectivity index (χ2n) is 12.6. The molecule has 0 unspecified atom stereocenters. The van der Waals surface area contributed by atoms with E-state index in [4.69, 9.17) is 24.6 Å². The van der Waals surface area contributed by atoms with Crippen molar-refractivity contribution in [1.82, 2.24) is 44.9 Å². The van der Waals surface area contributed by atoms with Crippen LogP contribution in [0, 0.1) is 22.7 Å². The van der Waals surface area contributed by atoms with Gasteiger partial charge in [-0.3, -0.25) is 9.58 Å². The minimum Gasteiger partial charge on any atom is -0.487 e. The van der Waals surface area contributed by atoms with Crippen LogP contribution in [0.1, 0.15) is 63.5 Å². The molecule has 7 rings (SSSR count). The summed E-state index contributed by atoms with van der Waals surface area (Å²) in [5, 5.41) is 38.0. The van der Waals surface area contributed by atoms with Gasteiger partial charge in [0.25, 0.3) is 5.88 Å². The van der Waals surface area contributed by atoms with Gasteiger partial charge in [0.05, 0.1) is 50.1 Å². The van der Waals surface area contributed by atoms with Gasteiger partial charge in [0, 0.05) is 36.1 Å². The number of hydrogen-bond acceptors (Lipinski definition) is 13. The summed E-state index contributed by atoms with van der Waals surface area (Å²) in [5.41, 5.74) is 2.64. The first-order chi connectivity index (χ1) is 23.6. The Morgan fingerprint density at radius 2 is 1.75 bits per heavy atom. The fraction of sp³-hybridized carbons (Fsp3) is 0.515. The van der Waals surface area contributed by atoms with Crippen molar-refractivity contribution < 1.29 is 14.2 Å². The lowest BCUT2D eigenvalue weighted by molar-refractivity contribution is -0.0458. The standard InChI is InChI=1S/C33H38N12O3/c1-22(17-43-21-38-41-42-43)48-31-13-23(3-4-24(31)14-35)25-15-36-33(37-16-25)39-30-18-44(40-32(30)47-12-2-11-34)26-5-7-27(8-6-26)45-28-9-10-29(45)20-46-19-28/h3-4,13,15-16,18,21-22,26-29H,2,5-10,12,17,19-20H2,1H3,(H,36,37,39)/t22-,26-,27-,28-,29+/m0/s1. The molecule has 15 nitrogen and oxygen atoms in total. The van der Waals surface area contributed by atoms with Gasteiger partial charge in [-0.1, -0.05) is 6.07 Å². The summed E-state index contributed by atoms with van der Waals surface area (Å²) in [6.07, 6.45) is 13.7. The Balaban J connectivity index is 1.03. The zero-order valence-electron chi connectivity index (χ0n) is 26.9. The molecule has 5 heterocycles. The Kier molecular flexibility index (Phi) is 9.40. The molecule has 15 heteroatoms. The number of nitrogens with zero attached hydrogens (tertiary/aromatic N) is 11.